The quantitative estimate of drug-likeness (QED) is 0.648. The van der Waals surface area contributed by atoms with Gasteiger partial charge in [-0.1, -0.05) is 18.2 Å². The molecule has 0 aliphatic carbocycles. The topological polar surface area (TPSA) is 94.6 Å². The number of carbonyl (C=O) groups is 1. The standard InChI is InChI=1S/C20H20N4O4/c1-26-16-11-14(12-17(27-2)19(16)28-3)21-18-10-9-15(23-24-18)20(25)22-13-7-5-4-6-8-13/h4-12H,1-3H3,(H,21,24)(H,22,25). The minimum atomic E-state index is -0.335. The Hall–Kier alpha value is -3.81. The van der Waals surface area contributed by atoms with Crippen molar-refractivity contribution >= 4 is 23.1 Å². The van der Waals surface area contributed by atoms with Crippen molar-refractivity contribution in [2.75, 3.05) is 32.0 Å². The van der Waals surface area contributed by atoms with E-state index in [2.05, 4.69) is 20.8 Å². The van der Waals surface area contributed by atoms with Crippen LogP contribution in [0.5, 0.6) is 17.2 Å². The highest BCUT2D eigenvalue weighted by Crippen LogP contribution is 2.40. The highest BCUT2D eigenvalue weighted by Gasteiger charge is 2.14. The molecule has 0 unspecified atom stereocenters. The molecule has 0 saturated heterocycles. The molecule has 144 valence electrons. The second kappa shape index (κ2) is 8.72. The third-order valence-electron chi connectivity index (χ3n) is 3.87. The molecule has 0 atom stereocenters. The van der Waals surface area contributed by atoms with E-state index in [1.807, 2.05) is 18.2 Å². The first-order chi connectivity index (χ1) is 13.6. The van der Waals surface area contributed by atoms with Gasteiger partial charge in [0.1, 0.15) is 0 Å². The minimum absolute atomic E-state index is 0.208. The molecule has 2 aromatic carbocycles. The van der Waals surface area contributed by atoms with Crippen molar-refractivity contribution < 1.29 is 19.0 Å². The molecule has 0 bridgehead atoms. The predicted octanol–water partition coefficient (Wildman–Crippen LogP) is 3.50. The number of ether oxygens (including phenoxy) is 3. The molecule has 1 amide bonds. The number of anilines is 3. The number of hydrogen-bond donors (Lipinski definition) is 2. The Balaban J connectivity index is 1.74. The van der Waals surface area contributed by atoms with Crippen molar-refractivity contribution in [3.05, 3.63) is 60.3 Å². The summed E-state index contributed by atoms with van der Waals surface area (Å²) in [4.78, 5) is 12.2. The number of carbonyl (C=O) groups excluding carboxylic acids is 1. The molecule has 0 spiro atoms. The molecular formula is C20H20N4O4. The van der Waals surface area contributed by atoms with E-state index in [9.17, 15) is 4.79 Å². The molecule has 0 saturated carbocycles. The van der Waals surface area contributed by atoms with Gasteiger partial charge in [0.2, 0.25) is 5.75 Å². The highest BCUT2D eigenvalue weighted by atomic mass is 16.5. The highest BCUT2D eigenvalue weighted by molar-refractivity contribution is 6.02. The molecule has 1 heterocycles. The minimum Gasteiger partial charge on any atom is -0.493 e. The molecule has 0 aliphatic heterocycles. The molecule has 1 aromatic heterocycles. The van der Waals surface area contributed by atoms with Gasteiger partial charge in [-0.2, -0.15) is 0 Å². The molecule has 3 rings (SSSR count). The number of methoxy groups -OCH3 is 3. The summed E-state index contributed by atoms with van der Waals surface area (Å²) in [5.74, 6) is 1.64. The Morgan fingerprint density at radius 2 is 1.50 bits per heavy atom. The van der Waals surface area contributed by atoms with Gasteiger partial charge in [0, 0.05) is 23.5 Å². The van der Waals surface area contributed by atoms with Crippen LogP contribution in [0.15, 0.2) is 54.6 Å². The number of nitrogens with zero attached hydrogens (tertiary/aromatic N) is 2. The van der Waals surface area contributed by atoms with Gasteiger partial charge in [-0.05, 0) is 24.3 Å². The summed E-state index contributed by atoms with van der Waals surface area (Å²) in [5, 5.41) is 13.9. The number of rotatable bonds is 7. The van der Waals surface area contributed by atoms with Gasteiger partial charge in [0.05, 0.1) is 21.3 Å². The van der Waals surface area contributed by atoms with Crippen LogP contribution in [0.3, 0.4) is 0 Å². The van der Waals surface area contributed by atoms with E-state index < -0.39 is 0 Å². The van der Waals surface area contributed by atoms with E-state index >= 15 is 0 Å². The zero-order valence-electron chi connectivity index (χ0n) is 15.7. The normalized spacial score (nSPS) is 10.1. The van der Waals surface area contributed by atoms with Crippen LogP contribution < -0.4 is 24.8 Å². The van der Waals surface area contributed by atoms with E-state index in [1.54, 1.807) is 50.6 Å². The monoisotopic (exact) mass is 380 g/mol. The summed E-state index contributed by atoms with van der Waals surface area (Å²) in [6.45, 7) is 0. The summed E-state index contributed by atoms with van der Waals surface area (Å²) in [6.07, 6.45) is 0. The average molecular weight is 380 g/mol. The summed E-state index contributed by atoms with van der Waals surface area (Å²) in [7, 11) is 4.63. The Morgan fingerprint density at radius 3 is 2.04 bits per heavy atom. The third-order valence-corrected chi connectivity index (χ3v) is 3.87. The Bertz CT molecular complexity index is 921. The molecule has 28 heavy (non-hydrogen) atoms. The number of para-hydroxylation sites is 1. The van der Waals surface area contributed by atoms with Crippen LogP contribution >= 0.6 is 0 Å². The largest absolute Gasteiger partial charge is 0.493 e. The maximum absolute atomic E-state index is 12.2. The maximum atomic E-state index is 12.2. The lowest BCUT2D eigenvalue weighted by Crippen LogP contribution is -2.14. The fourth-order valence-electron chi connectivity index (χ4n) is 2.54. The lowest BCUT2D eigenvalue weighted by Gasteiger charge is -2.14. The van der Waals surface area contributed by atoms with E-state index in [0.717, 1.165) is 0 Å². The molecule has 2 N–H and O–H groups in total. The van der Waals surface area contributed by atoms with Crippen LogP contribution in [0.2, 0.25) is 0 Å². The second-order valence-corrected chi connectivity index (χ2v) is 5.66. The van der Waals surface area contributed by atoms with Gasteiger partial charge in [-0.15, -0.1) is 10.2 Å². The van der Waals surface area contributed by atoms with Crippen LogP contribution in [0.4, 0.5) is 17.2 Å². The summed E-state index contributed by atoms with van der Waals surface area (Å²) in [5.41, 5.74) is 1.57. The van der Waals surface area contributed by atoms with Gasteiger partial charge in [0.15, 0.2) is 23.0 Å². The Kier molecular flexibility index (Phi) is 5.91. The van der Waals surface area contributed by atoms with E-state index in [4.69, 9.17) is 14.2 Å². The SMILES string of the molecule is COc1cc(Nc2ccc(C(=O)Nc3ccccc3)nn2)cc(OC)c1OC. The molecule has 8 nitrogen and oxygen atoms in total. The Morgan fingerprint density at radius 1 is 0.821 bits per heavy atom. The lowest BCUT2D eigenvalue weighted by atomic mass is 10.2. The van der Waals surface area contributed by atoms with Gasteiger partial charge in [-0.3, -0.25) is 4.79 Å². The number of benzene rings is 2. The molecule has 0 radical (unpaired) electrons. The zero-order chi connectivity index (χ0) is 19.9. The van der Waals surface area contributed by atoms with Crippen molar-refractivity contribution in [1.82, 2.24) is 10.2 Å². The molecule has 0 aliphatic rings. The molecule has 8 heteroatoms. The van der Waals surface area contributed by atoms with Crippen molar-refractivity contribution in [3.63, 3.8) is 0 Å². The van der Waals surface area contributed by atoms with Crippen molar-refractivity contribution in [2.45, 2.75) is 0 Å². The second-order valence-electron chi connectivity index (χ2n) is 5.66. The lowest BCUT2D eigenvalue weighted by molar-refractivity contribution is 0.102. The smallest absolute Gasteiger partial charge is 0.276 e. The van der Waals surface area contributed by atoms with Crippen LogP contribution in [0.25, 0.3) is 0 Å². The number of hydrogen-bond acceptors (Lipinski definition) is 7. The summed E-state index contributed by atoms with van der Waals surface area (Å²) >= 11 is 0. The first-order valence-corrected chi connectivity index (χ1v) is 8.41. The van der Waals surface area contributed by atoms with E-state index in [0.29, 0.717) is 34.4 Å². The maximum Gasteiger partial charge on any atom is 0.276 e. The van der Waals surface area contributed by atoms with Crippen LogP contribution in [-0.4, -0.2) is 37.4 Å². The van der Waals surface area contributed by atoms with E-state index in [-0.39, 0.29) is 11.6 Å². The number of aromatic nitrogens is 2. The fourth-order valence-corrected chi connectivity index (χ4v) is 2.54. The van der Waals surface area contributed by atoms with Gasteiger partial charge >= 0.3 is 0 Å². The summed E-state index contributed by atoms with van der Waals surface area (Å²) in [6, 6.07) is 15.9. The molecular weight excluding hydrogens is 360 g/mol. The predicted molar refractivity (Wildman–Crippen MR) is 106 cm³/mol. The van der Waals surface area contributed by atoms with Gasteiger partial charge < -0.3 is 24.8 Å². The first kappa shape index (κ1) is 19.0. The fraction of sp³-hybridized carbons (Fsp3) is 0.150. The van der Waals surface area contributed by atoms with Crippen molar-refractivity contribution in [3.8, 4) is 17.2 Å². The zero-order valence-corrected chi connectivity index (χ0v) is 15.7. The summed E-state index contributed by atoms with van der Waals surface area (Å²) < 4.78 is 16.0. The Labute approximate surface area is 162 Å². The molecule has 3 aromatic rings. The van der Waals surface area contributed by atoms with Gasteiger partial charge in [0.25, 0.3) is 5.91 Å². The van der Waals surface area contributed by atoms with Crippen LogP contribution in [0.1, 0.15) is 10.5 Å². The van der Waals surface area contributed by atoms with Crippen LogP contribution in [-0.2, 0) is 0 Å². The molecule has 0 fully saturated rings. The van der Waals surface area contributed by atoms with Crippen molar-refractivity contribution in [2.24, 2.45) is 0 Å². The first-order valence-electron chi connectivity index (χ1n) is 8.41. The number of amides is 1. The average Bonchev–Trinajstić information content (AvgIpc) is 2.74. The van der Waals surface area contributed by atoms with Crippen LogP contribution in [0, 0.1) is 0 Å². The van der Waals surface area contributed by atoms with Crippen molar-refractivity contribution in [1.29, 1.82) is 0 Å². The number of nitrogens with one attached hydrogen (secondary N) is 2. The third kappa shape index (κ3) is 4.29. The van der Waals surface area contributed by atoms with E-state index in [1.165, 1.54) is 7.11 Å². The van der Waals surface area contributed by atoms with Gasteiger partial charge in [-0.25, -0.2) is 0 Å².